The lowest BCUT2D eigenvalue weighted by molar-refractivity contribution is -0.141. The number of fused-ring (bicyclic) bond motifs is 1. The summed E-state index contributed by atoms with van der Waals surface area (Å²) in [5.74, 6) is 0.390. The fraction of sp³-hybridized carbons (Fsp3) is 0.333. The van der Waals surface area contributed by atoms with Gasteiger partial charge in [-0.05, 0) is 37.5 Å². The zero-order valence-corrected chi connectivity index (χ0v) is 17.3. The predicted molar refractivity (Wildman–Crippen MR) is 109 cm³/mol. The molecule has 5 rings (SSSR count). The van der Waals surface area contributed by atoms with Gasteiger partial charge in [0.25, 0.3) is 5.56 Å². The second-order valence-corrected chi connectivity index (χ2v) is 7.94. The van der Waals surface area contributed by atoms with Crippen LogP contribution in [0, 0.1) is 11.3 Å². The minimum atomic E-state index is -4.55. The van der Waals surface area contributed by atoms with E-state index in [1.165, 1.54) is 10.7 Å². The number of nitriles is 1. The van der Waals surface area contributed by atoms with Crippen molar-refractivity contribution in [1.82, 2.24) is 34.5 Å². The van der Waals surface area contributed by atoms with E-state index in [0.717, 1.165) is 25.1 Å². The molecule has 0 unspecified atom stereocenters. The Morgan fingerprint density at radius 1 is 1.30 bits per heavy atom. The number of halogens is 3. The normalized spacial score (nSPS) is 19.2. The van der Waals surface area contributed by atoms with Gasteiger partial charge in [0.15, 0.2) is 11.3 Å². The van der Waals surface area contributed by atoms with Gasteiger partial charge in [0.1, 0.15) is 23.0 Å². The fourth-order valence-electron chi connectivity index (χ4n) is 4.14. The van der Waals surface area contributed by atoms with Crippen molar-refractivity contribution in [1.29, 1.82) is 5.26 Å². The van der Waals surface area contributed by atoms with Gasteiger partial charge in [0.05, 0.1) is 12.1 Å². The van der Waals surface area contributed by atoms with Gasteiger partial charge in [-0.3, -0.25) is 14.5 Å². The van der Waals surface area contributed by atoms with Crippen LogP contribution < -0.4 is 5.56 Å². The molecule has 1 aliphatic rings. The molecule has 4 heterocycles. The van der Waals surface area contributed by atoms with Crippen molar-refractivity contribution in [2.24, 2.45) is 0 Å². The standard InChI is InChI=1S/C21H17F3N8O/c1-11(12-3-6-16(26-10-12)21(22,23)24)32-19-17(14(9-25)30-32)20(33)29-18(28-19)13-4-5-15(13)31-8-2-7-27-31/h2-3,6-8,10-11,13,15H,4-5H2,1H3,(H,28,29,33)/t11-,13+,15+/m0/s1. The van der Waals surface area contributed by atoms with Gasteiger partial charge >= 0.3 is 6.18 Å². The van der Waals surface area contributed by atoms with E-state index in [1.54, 1.807) is 13.1 Å². The molecule has 0 spiro atoms. The molecule has 1 aliphatic carbocycles. The van der Waals surface area contributed by atoms with E-state index in [4.69, 9.17) is 0 Å². The van der Waals surface area contributed by atoms with Crippen LogP contribution >= 0.6 is 0 Å². The highest BCUT2D eigenvalue weighted by Crippen LogP contribution is 2.44. The smallest absolute Gasteiger partial charge is 0.309 e. The van der Waals surface area contributed by atoms with Crippen molar-refractivity contribution >= 4 is 11.0 Å². The summed E-state index contributed by atoms with van der Waals surface area (Å²) in [6.07, 6.45) is 1.78. The number of alkyl halides is 3. The van der Waals surface area contributed by atoms with Crippen LogP contribution in [-0.2, 0) is 6.18 Å². The Morgan fingerprint density at radius 2 is 2.12 bits per heavy atom. The van der Waals surface area contributed by atoms with E-state index >= 15 is 0 Å². The van der Waals surface area contributed by atoms with Gasteiger partial charge in [-0.15, -0.1) is 0 Å². The summed E-state index contributed by atoms with van der Waals surface area (Å²) in [6.45, 7) is 1.69. The van der Waals surface area contributed by atoms with Gasteiger partial charge in [-0.25, -0.2) is 9.67 Å². The molecule has 0 radical (unpaired) electrons. The molecule has 0 amide bonds. The number of nitrogens with one attached hydrogen (secondary N) is 1. The molecule has 12 heteroatoms. The van der Waals surface area contributed by atoms with Crippen LogP contribution in [0.5, 0.6) is 0 Å². The number of aromatic nitrogens is 7. The molecule has 1 saturated carbocycles. The molecule has 33 heavy (non-hydrogen) atoms. The molecule has 1 N–H and O–H groups in total. The van der Waals surface area contributed by atoms with E-state index in [2.05, 4.69) is 25.1 Å². The van der Waals surface area contributed by atoms with Gasteiger partial charge in [0.2, 0.25) is 0 Å². The third kappa shape index (κ3) is 3.45. The van der Waals surface area contributed by atoms with Crippen molar-refractivity contribution in [2.45, 2.75) is 43.9 Å². The van der Waals surface area contributed by atoms with Crippen molar-refractivity contribution in [3.63, 3.8) is 0 Å². The maximum Gasteiger partial charge on any atom is 0.433 e. The van der Waals surface area contributed by atoms with Crippen molar-refractivity contribution in [2.75, 3.05) is 0 Å². The van der Waals surface area contributed by atoms with Crippen LogP contribution in [0.2, 0.25) is 0 Å². The van der Waals surface area contributed by atoms with Gasteiger partial charge in [-0.2, -0.15) is 28.6 Å². The number of hydrogen-bond acceptors (Lipinski definition) is 6. The number of rotatable bonds is 4. The Kier molecular flexibility index (Phi) is 4.77. The first-order chi connectivity index (χ1) is 15.8. The Balaban J connectivity index is 1.58. The molecule has 4 aromatic heterocycles. The lowest BCUT2D eigenvalue weighted by Gasteiger charge is -2.35. The topological polar surface area (TPSA) is 118 Å². The first-order valence-corrected chi connectivity index (χ1v) is 10.2. The largest absolute Gasteiger partial charge is 0.433 e. The van der Waals surface area contributed by atoms with Crippen LogP contribution in [0.1, 0.15) is 60.5 Å². The SMILES string of the molecule is C[C@@H](c1ccc(C(F)(F)F)nc1)n1nc(C#N)c2c(=O)[nH]c([C@@H]3CC[C@H]3n3cccn3)nc21. The van der Waals surface area contributed by atoms with Crippen molar-refractivity contribution in [3.05, 3.63) is 69.9 Å². The zero-order chi connectivity index (χ0) is 23.3. The summed E-state index contributed by atoms with van der Waals surface area (Å²) < 4.78 is 41.8. The Morgan fingerprint density at radius 3 is 2.70 bits per heavy atom. The van der Waals surface area contributed by atoms with Gasteiger partial charge in [0, 0.05) is 24.5 Å². The molecule has 1 fully saturated rings. The molecule has 4 aromatic rings. The summed E-state index contributed by atoms with van der Waals surface area (Å²) >= 11 is 0. The van der Waals surface area contributed by atoms with Crippen LogP contribution in [0.3, 0.4) is 0 Å². The second kappa shape index (κ2) is 7.54. The maximum absolute atomic E-state index is 12.9. The van der Waals surface area contributed by atoms with E-state index in [1.807, 2.05) is 23.0 Å². The van der Waals surface area contributed by atoms with Crippen molar-refractivity contribution in [3.8, 4) is 6.07 Å². The third-order valence-electron chi connectivity index (χ3n) is 6.07. The fourth-order valence-corrected chi connectivity index (χ4v) is 4.14. The lowest BCUT2D eigenvalue weighted by atomic mass is 9.79. The first kappa shape index (κ1) is 20.9. The second-order valence-electron chi connectivity index (χ2n) is 7.94. The summed E-state index contributed by atoms with van der Waals surface area (Å²) in [5.41, 5.74) is -0.966. The first-order valence-electron chi connectivity index (χ1n) is 10.2. The van der Waals surface area contributed by atoms with Crippen LogP contribution in [0.15, 0.2) is 41.6 Å². The van der Waals surface area contributed by atoms with E-state index in [9.17, 15) is 23.2 Å². The highest BCUT2D eigenvalue weighted by molar-refractivity contribution is 5.80. The molecule has 0 bridgehead atoms. The van der Waals surface area contributed by atoms with E-state index < -0.39 is 23.5 Å². The Labute approximate surface area is 184 Å². The lowest BCUT2D eigenvalue weighted by Crippen LogP contribution is -2.30. The summed E-state index contributed by atoms with van der Waals surface area (Å²) in [5, 5.41) is 18.1. The maximum atomic E-state index is 12.9. The minimum Gasteiger partial charge on any atom is -0.309 e. The van der Waals surface area contributed by atoms with Gasteiger partial charge in [-0.1, -0.05) is 6.07 Å². The number of hydrogen-bond donors (Lipinski definition) is 1. The number of H-pyrrole nitrogens is 1. The number of pyridine rings is 1. The predicted octanol–water partition coefficient (Wildman–Crippen LogP) is 3.33. The molecular weight excluding hydrogens is 437 g/mol. The summed E-state index contributed by atoms with van der Waals surface area (Å²) in [7, 11) is 0. The van der Waals surface area contributed by atoms with Gasteiger partial charge < -0.3 is 4.98 Å². The molecular formula is C21H17F3N8O. The highest BCUT2D eigenvalue weighted by atomic mass is 19.4. The number of aromatic amines is 1. The van der Waals surface area contributed by atoms with Crippen LogP contribution in [-0.4, -0.2) is 34.5 Å². The molecule has 3 atom stereocenters. The highest BCUT2D eigenvalue weighted by Gasteiger charge is 2.37. The van der Waals surface area contributed by atoms with Crippen LogP contribution in [0.25, 0.3) is 11.0 Å². The van der Waals surface area contributed by atoms with Crippen molar-refractivity contribution < 1.29 is 13.2 Å². The third-order valence-corrected chi connectivity index (χ3v) is 6.07. The molecule has 168 valence electrons. The zero-order valence-electron chi connectivity index (χ0n) is 17.3. The Hall–Kier alpha value is -4.01. The average molecular weight is 454 g/mol. The number of nitrogens with zero attached hydrogens (tertiary/aromatic N) is 7. The van der Waals surface area contributed by atoms with E-state index in [0.29, 0.717) is 11.4 Å². The minimum absolute atomic E-state index is 0.0444. The average Bonchev–Trinajstić information content (AvgIpc) is 3.40. The van der Waals surface area contributed by atoms with E-state index in [-0.39, 0.29) is 28.7 Å². The summed E-state index contributed by atoms with van der Waals surface area (Å²) in [6, 6.07) is 5.34. The van der Waals surface area contributed by atoms with Crippen LogP contribution in [0.4, 0.5) is 13.2 Å². The monoisotopic (exact) mass is 454 g/mol. The molecule has 0 saturated heterocycles. The molecule has 0 aliphatic heterocycles. The molecule has 9 nitrogen and oxygen atoms in total. The molecule has 0 aromatic carbocycles. The Bertz CT molecular complexity index is 1410. The quantitative estimate of drug-likeness (QED) is 0.505. The summed E-state index contributed by atoms with van der Waals surface area (Å²) in [4.78, 5) is 23.8.